The van der Waals surface area contributed by atoms with Gasteiger partial charge in [0.05, 0.1) is 46.6 Å². The topological polar surface area (TPSA) is 210 Å². The molecule has 348 valence electrons. The normalized spacial score (nSPS) is 15.0. The van der Waals surface area contributed by atoms with Crippen LogP contribution in [0, 0.1) is 0 Å². The van der Waals surface area contributed by atoms with Gasteiger partial charge in [-0.2, -0.15) is 17.9 Å². The van der Waals surface area contributed by atoms with Gasteiger partial charge in [0.25, 0.3) is 17.4 Å². The van der Waals surface area contributed by atoms with Crippen LogP contribution in [0.5, 0.6) is 0 Å². The van der Waals surface area contributed by atoms with Crippen LogP contribution in [-0.4, -0.2) is 99.7 Å². The molecule has 5 amide bonds. The van der Waals surface area contributed by atoms with Crippen molar-refractivity contribution in [2.45, 2.75) is 50.7 Å². The van der Waals surface area contributed by atoms with E-state index >= 15 is 0 Å². The standard InChI is InChI=1S/C47H44ClF3N8O8/c48-31-15-17-34-36(25-31)55-46(54-34)59-44(64)33(41(57-59)29-11-13-30(14-12-29)47(49,50)51)16-10-28-8-6-27(7-9-28)3-2-22-66-23-24-67-26-39(61)53-21-20-52-35-5-1-4-32-40(35)45(65)58(43(32)63)37-18-19-38(60)56-42(37)62/h1,4-9,11-15,17,25,37,52,57H,2-3,10,16,18-24,26H2,(H,53,61)(H,54,55)(H,56,60,62). The number of imidazole rings is 1. The zero-order valence-electron chi connectivity index (χ0n) is 35.8. The Balaban J connectivity index is 0.742. The molecule has 4 heterocycles. The van der Waals surface area contributed by atoms with E-state index in [4.69, 9.17) is 21.1 Å². The predicted octanol–water partition coefficient (Wildman–Crippen LogP) is 5.76. The number of fused-ring (bicyclic) bond motifs is 2. The number of ether oxygens (including phenoxy) is 2. The average Bonchev–Trinajstić information content (AvgIpc) is 3.95. The molecule has 0 aliphatic carbocycles. The predicted molar refractivity (Wildman–Crippen MR) is 240 cm³/mol. The number of hydrogen-bond acceptors (Lipinski definition) is 10. The van der Waals surface area contributed by atoms with E-state index in [-0.39, 0.29) is 74.3 Å². The van der Waals surface area contributed by atoms with Gasteiger partial charge in [-0.15, -0.1) is 0 Å². The average molecular weight is 941 g/mol. The molecule has 20 heteroatoms. The number of nitrogens with one attached hydrogen (secondary N) is 5. The van der Waals surface area contributed by atoms with E-state index in [2.05, 4.69) is 31.0 Å². The van der Waals surface area contributed by atoms with Gasteiger partial charge in [0.1, 0.15) is 12.6 Å². The van der Waals surface area contributed by atoms with E-state index in [0.717, 1.165) is 41.0 Å². The third kappa shape index (κ3) is 10.6. The van der Waals surface area contributed by atoms with Gasteiger partial charge in [0, 0.05) is 42.4 Å². The minimum absolute atomic E-state index is 0.0214. The number of carbonyl (C=O) groups excluding carboxylic acids is 5. The molecule has 1 fully saturated rings. The Morgan fingerprint density at radius 2 is 1.60 bits per heavy atom. The molecule has 5 N–H and O–H groups in total. The minimum Gasteiger partial charge on any atom is -0.383 e. The molecule has 8 rings (SSSR count). The lowest BCUT2D eigenvalue weighted by Crippen LogP contribution is -2.54. The number of piperidine rings is 1. The van der Waals surface area contributed by atoms with Gasteiger partial charge in [-0.05, 0) is 91.3 Å². The molecule has 1 saturated heterocycles. The molecule has 2 aliphatic rings. The summed E-state index contributed by atoms with van der Waals surface area (Å²) in [4.78, 5) is 84.9. The summed E-state index contributed by atoms with van der Waals surface area (Å²) in [5.41, 5.74) is 3.95. The van der Waals surface area contributed by atoms with Gasteiger partial charge < -0.3 is 25.1 Å². The van der Waals surface area contributed by atoms with Crippen molar-refractivity contribution in [2.24, 2.45) is 0 Å². The number of anilines is 1. The zero-order chi connectivity index (χ0) is 47.2. The smallest absolute Gasteiger partial charge is 0.383 e. The SMILES string of the molecule is O=C(COCCOCCCc1ccc(CCc2c(-c3ccc(C(F)(F)F)cc3)[nH]n(-c3nc4ccc(Cl)cc4[nH]3)c2=O)cc1)NCCNc1cccc2c1C(=O)N(C1CCC(=O)NC1=O)C2=O. The van der Waals surface area contributed by atoms with Crippen molar-refractivity contribution in [3.8, 4) is 17.2 Å². The second-order valence-electron chi connectivity index (χ2n) is 15.9. The number of amides is 5. The Labute approximate surface area is 385 Å². The number of aromatic nitrogens is 4. The number of nitrogens with zero attached hydrogens (tertiary/aromatic N) is 3. The Kier molecular flexibility index (Phi) is 14.0. The van der Waals surface area contributed by atoms with Crippen molar-refractivity contribution in [3.05, 3.63) is 134 Å². The van der Waals surface area contributed by atoms with Crippen LogP contribution < -0.4 is 21.5 Å². The second kappa shape index (κ2) is 20.2. The quantitative estimate of drug-likeness (QED) is 0.0490. The largest absolute Gasteiger partial charge is 0.416 e. The van der Waals surface area contributed by atoms with Crippen LogP contribution in [0.2, 0.25) is 5.02 Å². The molecule has 0 spiro atoms. The van der Waals surface area contributed by atoms with Crippen molar-refractivity contribution in [2.75, 3.05) is 44.8 Å². The summed E-state index contributed by atoms with van der Waals surface area (Å²) >= 11 is 6.14. The first kappa shape index (κ1) is 46.4. The summed E-state index contributed by atoms with van der Waals surface area (Å²) < 4.78 is 52.4. The van der Waals surface area contributed by atoms with Gasteiger partial charge in [-0.25, -0.2) is 4.98 Å². The third-order valence-corrected chi connectivity index (χ3v) is 11.6. The number of alkyl halides is 3. The molecular weight excluding hydrogens is 897 g/mol. The van der Waals surface area contributed by atoms with E-state index in [1.54, 1.807) is 30.3 Å². The summed E-state index contributed by atoms with van der Waals surface area (Å²) in [6, 6.07) is 21.4. The fraction of sp³-hybridized carbons (Fsp3) is 0.298. The number of hydrogen-bond donors (Lipinski definition) is 5. The Hall–Kier alpha value is -7.09. The van der Waals surface area contributed by atoms with E-state index in [9.17, 15) is 41.9 Å². The molecule has 1 unspecified atom stereocenters. The van der Waals surface area contributed by atoms with Crippen LogP contribution in [0.1, 0.15) is 62.2 Å². The first-order chi connectivity index (χ1) is 32.2. The fourth-order valence-corrected chi connectivity index (χ4v) is 8.18. The lowest BCUT2D eigenvalue weighted by Gasteiger charge is -2.27. The maximum absolute atomic E-state index is 13.8. The van der Waals surface area contributed by atoms with Crippen LogP contribution in [0.15, 0.2) is 89.7 Å². The highest BCUT2D eigenvalue weighted by Crippen LogP contribution is 2.33. The second-order valence-corrected chi connectivity index (χ2v) is 16.4. The van der Waals surface area contributed by atoms with Crippen molar-refractivity contribution < 1.29 is 46.6 Å². The summed E-state index contributed by atoms with van der Waals surface area (Å²) in [5.74, 6) is -2.51. The van der Waals surface area contributed by atoms with Gasteiger partial charge in [-0.1, -0.05) is 54.1 Å². The highest BCUT2D eigenvalue weighted by Gasteiger charge is 2.45. The van der Waals surface area contributed by atoms with Crippen LogP contribution in [0.3, 0.4) is 0 Å². The first-order valence-corrected chi connectivity index (χ1v) is 21.9. The summed E-state index contributed by atoms with van der Waals surface area (Å²) in [6.07, 6.45) is -2.16. The summed E-state index contributed by atoms with van der Waals surface area (Å²) in [7, 11) is 0. The van der Waals surface area contributed by atoms with Crippen molar-refractivity contribution in [1.29, 1.82) is 0 Å². The molecule has 67 heavy (non-hydrogen) atoms. The number of H-pyrrole nitrogens is 2. The monoisotopic (exact) mass is 940 g/mol. The molecule has 0 bridgehead atoms. The van der Waals surface area contributed by atoms with E-state index in [1.165, 1.54) is 22.9 Å². The zero-order valence-corrected chi connectivity index (χ0v) is 36.5. The third-order valence-electron chi connectivity index (χ3n) is 11.4. The molecule has 0 radical (unpaired) electrons. The van der Waals surface area contributed by atoms with Crippen LogP contribution in [-0.2, 0) is 49.3 Å². The highest BCUT2D eigenvalue weighted by molar-refractivity contribution is 6.31. The molecule has 4 aromatic carbocycles. The maximum atomic E-state index is 13.8. The number of imide groups is 2. The van der Waals surface area contributed by atoms with Crippen molar-refractivity contribution in [3.63, 3.8) is 0 Å². The number of carbonyl (C=O) groups is 5. The molecule has 6 aromatic rings. The van der Waals surface area contributed by atoms with Gasteiger partial charge in [-0.3, -0.25) is 44.1 Å². The van der Waals surface area contributed by atoms with E-state index < -0.39 is 41.4 Å². The Bertz CT molecular complexity index is 2890. The van der Waals surface area contributed by atoms with Gasteiger partial charge in [0.15, 0.2) is 0 Å². The van der Waals surface area contributed by atoms with Gasteiger partial charge in [0.2, 0.25) is 23.7 Å². The van der Waals surface area contributed by atoms with Gasteiger partial charge >= 0.3 is 6.18 Å². The van der Waals surface area contributed by atoms with Crippen LogP contribution >= 0.6 is 11.6 Å². The van der Waals surface area contributed by atoms with Crippen molar-refractivity contribution in [1.82, 2.24) is 35.3 Å². The molecule has 2 aliphatic heterocycles. The molecule has 2 aromatic heterocycles. The first-order valence-electron chi connectivity index (χ1n) is 21.5. The van der Waals surface area contributed by atoms with E-state index in [0.29, 0.717) is 58.0 Å². The van der Waals surface area contributed by atoms with Crippen LogP contribution in [0.4, 0.5) is 18.9 Å². The number of aromatic amines is 2. The van der Waals surface area contributed by atoms with E-state index in [1.807, 2.05) is 24.3 Å². The highest BCUT2D eigenvalue weighted by atomic mass is 35.5. The molecule has 1 atom stereocenters. The number of rotatable bonds is 19. The van der Waals surface area contributed by atoms with Crippen LogP contribution in [0.25, 0.3) is 28.2 Å². The lowest BCUT2D eigenvalue weighted by molar-refractivity contribution is -0.138. The number of benzene rings is 4. The molecular formula is C47H44ClF3N8O8. The maximum Gasteiger partial charge on any atom is 0.416 e. The summed E-state index contributed by atoms with van der Waals surface area (Å²) in [6.45, 7) is 1.21. The lowest BCUT2D eigenvalue weighted by atomic mass is 9.99. The molecule has 16 nitrogen and oxygen atoms in total. The fourth-order valence-electron chi connectivity index (χ4n) is 8.01. The van der Waals surface area contributed by atoms with Crippen molar-refractivity contribution >= 4 is 57.9 Å². The Morgan fingerprint density at radius 1 is 0.851 bits per heavy atom. The molecule has 0 saturated carbocycles. The number of halogens is 4. The number of aryl methyl sites for hydroxylation is 2. The minimum atomic E-state index is -4.51. The Morgan fingerprint density at radius 3 is 2.34 bits per heavy atom. The summed E-state index contributed by atoms with van der Waals surface area (Å²) in [5, 5.41) is 11.5.